The Bertz CT molecular complexity index is 559. The first-order valence-electron chi connectivity index (χ1n) is 7.14. The maximum absolute atomic E-state index is 12.5. The van der Waals surface area contributed by atoms with E-state index in [1.165, 1.54) is 0 Å². The summed E-state index contributed by atoms with van der Waals surface area (Å²) in [6, 6.07) is 3.25. The number of rotatable bonds is 5. The zero-order valence-electron chi connectivity index (χ0n) is 12.3. The van der Waals surface area contributed by atoms with E-state index >= 15 is 0 Å². The van der Waals surface area contributed by atoms with Gasteiger partial charge in [0.25, 0.3) is 0 Å². The van der Waals surface area contributed by atoms with E-state index in [1.807, 2.05) is 0 Å². The Labute approximate surface area is 121 Å². The molecule has 112 valence electrons. The highest BCUT2D eigenvalue weighted by molar-refractivity contribution is 7.89. The van der Waals surface area contributed by atoms with Gasteiger partial charge in [-0.2, -0.15) is 0 Å². The second-order valence-electron chi connectivity index (χ2n) is 5.43. The molecule has 0 spiro atoms. The van der Waals surface area contributed by atoms with E-state index in [0.29, 0.717) is 17.7 Å². The number of nitrogens with zero attached hydrogens (tertiary/aromatic N) is 1. The van der Waals surface area contributed by atoms with Crippen LogP contribution in [0.4, 0.5) is 5.82 Å². The SMILES string of the molecule is CCC1CCC(NS(=O)(=O)c2cccnc2NC)C1C. The molecule has 0 aromatic carbocycles. The van der Waals surface area contributed by atoms with Gasteiger partial charge in [0.05, 0.1) is 0 Å². The molecule has 6 heteroatoms. The first-order chi connectivity index (χ1) is 9.49. The molecule has 3 unspecified atom stereocenters. The molecule has 1 heterocycles. The molecule has 0 amide bonds. The zero-order chi connectivity index (χ0) is 14.8. The van der Waals surface area contributed by atoms with Gasteiger partial charge in [-0.05, 0) is 36.8 Å². The highest BCUT2D eigenvalue weighted by atomic mass is 32.2. The number of nitrogens with one attached hydrogen (secondary N) is 2. The Morgan fingerprint density at radius 2 is 2.15 bits per heavy atom. The molecule has 0 saturated heterocycles. The Hall–Kier alpha value is -1.14. The molecule has 0 bridgehead atoms. The minimum atomic E-state index is -3.53. The molecule has 1 saturated carbocycles. The maximum Gasteiger partial charge on any atom is 0.244 e. The van der Waals surface area contributed by atoms with Crippen molar-refractivity contribution in [3.8, 4) is 0 Å². The van der Waals surface area contributed by atoms with Crippen LogP contribution in [0.2, 0.25) is 0 Å². The Kier molecular flexibility index (Phi) is 4.65. The lowest BCUT2D eigenvalue weighted by Crippen LogP contribution is -2.37. The Morgan fingerprint density at radius 3 is 2.75 bits per heavy atom. The van der Waals surface area contributed by atoms with E-state index in [0.717, 1.165) is 19.3 Å². The lowest BCUT2D eigenvalue weighted by molar-refractivity contribution is 0.368. The number of hydrogen-bond acceptors (Lipinski definition) is 4. The van der Waals surface area contributed by atoms with Crippen LogP contribution >= 0.6 is 0 Å². The third-order valence-corrected chi connectivity index (χ3v) is 5.88. The van der Waals surface area contributed by atoms with Gasteiger partial charge < -0.3 is 5.32 Å². The number of pyridine rings is 1. The number of hydrogen-bond donors (Lipinski definition) is 2. The lowest BCUT2D eigenvalue weighted by Gasteiger charge is -2.21. The predicted molar refractivity (Wildman–Crippen MR) is 80.1 cm³/mol. The molecule has 5 nitrogen and oxygen atoms in total. The molecule has 2 N–H and O–H groups in total. The van der Waals surface area contributed by atoms with Crippen LogP contribution in [-0.4, -0.2) is 26.5 Å². The van der Waals surface area contributed by atoms with Crippen LogP contribution in [0.1, 0.15) is 33.1 Å². The topological polar surface area (TPSA) is 71.1 Å². The van der Waals surface area contributed by atoms with Gasteiger partial charge in [-0.1, -0.05) is 20.3 Å². The molecule has 1 aromatic heterocycles. The third kappa shape index (κ3) is 2.96. The van der Waals surface area contributed by atoms with Gasteiger partial charge in [0.15, 0.2) is 0 Å². The van der Waals surface area contributed by atoms with Gasteiger partial charge in [-0.25, -0.2) is 18.1 Å². The molecule has 20 heavy (non-hydrogen) atoms. The number of sulfonamides is 1. The first-order valence-corrected chi connectivity index (χ1v) is 8.63. The zero-order valence-corrected chi connectivity index (χ0v) is 13.1. The first kappa shape index (κ1) is 15.3. The minimum Gasteiger partial charge on any atom is -0.372 e. The van der Waals surface area contributed by atoms with Crippen molar-refractivity contribution in [1.82, 2.24) is 9.71 Å². The fourth-order valence-corrected chi connectivity index (χ4v) is 4.57. The van der Waals surface area contributed by atoms with Crippen molar-refractivity contribution in [2.75, 3.05) is 12.4 Å². The third-order valence-electron chi connectivity index (χ3n) is 4.35. The van der Waals surface area contributed by atoms with Gasteiger partial charge in [0.2, 0.25) is 10.0 Å². The number of aromatic nitrogens is 1. The fourth-order valence-electron chi connectivity index (χ4n) is 3.05. The summed E-state index contributed by atoms with van der Waals surface area (Å²) in [5.74, 6) is 1.38. The van der Waals surface area contributed by atoms with Crippen molar-refractivity contribution in [1.29, 1.82) is 0 Å². The van der Waals surface area contributed by atoms with Gasteiger partial charge in [0.1, 0.15) is 10.7 Å². The highest BCUT2D eigenvalue weighted by Crippen LogP contribution is 2.34. The van der Waals surface area contributed by atoms with E-state index in [9.17, 15) is 8.42 Å². The van der Waals surface area contributed by atoms with E-state index in [-0.39, 0.29) is 10.9 Å². The quantitative estimate of drug-likeness (QED) is 0.874. The Morgan fingerprint density at radius 1 is 1.40 bits per heavy atom. The summed E-state index contributed by atoms with van der Waals surface area (Å²) in [5.41, 5.74) is 0. The summed E-state index contributed by atoms with van der Waals surface area (Å²) in [7, 11) is -1.85. The summed E-state index contributed by atoms with van der Waals surface area (Å²) in [6.45, 7) is 4.30. The molecule has 1 aromatic rings. The van der Waals surface area contributed by atoms with Crippen LogP contribution in [0.15, 0.2) is 23.2 Å². The smallest absolute Gasteiger partial charge is 0.244 e. The van der Waals surface area contributed by atoms with Crippen molar-refractivity contribution in [2.45, 2.75) is 44.0 Å². The molecule has 0 aliphatic heterocycles. The van der Waals surface area contributed by atoms with Gasteiger partial charge in [0, 0.05) is 19.3 Å². The summed E-state index contributed by atoms with van der Waals surface area (Å²) >= 11 is 0. The molecule has 1 fully saturated rings. The van der Waals surface area contributed by atoms with Crippen LogP contribution in [0.5, 0.6) is 0 Å². The lowest BCUT2D eigenvalue weighted by atomic mass is 9.94. The van der Waals surface area contributed by atoms with Gasteiger partial charge in [-0.15, -0.1) is 0 Å². The van der Waals surface area contributed by atoms with Crippen LogP contribution in [0.3, 0.4) is 0 Å². The summed E-state index contributed by atoms with van der Waals surface area (Å²) in [6.07, 6.45) is 4.69. The standard InChI is InChI=1S/C14H23N3O2S/c1-4-11-7-8-12(10(11)2)17-20(18,19)13-6-5-9-16-14(13)15-3/h5-6,9-12,17H,4,7-8H2,1-3H3,(H,15,16). The normalized spacial score (nSPS) is 26.6. The van der Waals surface area contributed by atoms with Crippen molar-refractivity contribution >= 4 is 15.8 Å². The minimum absolute atomic E-state index is 0.0230. The van der Waals surface area contributed by atoms with Crippen molar-refractivity contribution in [2.24, 2.45) is 11.8 Å². The second-order valence-corrected chi connectivity index (χ2v) is 7.12. The fraction of sp³-hybridized carbons (Fsp3) is 0.643. The van der Waals surface area contributed by atoms with E-state index in [2.05, 4.69) is 28.9 Å². The molecule has 2 rings (SSSR count). The summed E-state index contributed by atoms with van der Waals surface area (Å²) in [5, 5.41) is 2.83. The number of anilines is 1. The molecule has 1 aliphatic rings. The summed E-state index contributed by atoms with van der Waals surface area (Å²) < 4.78 is 27.9. The van der Waals surface area contributed by atoms with Gasteiger partial charge >= 0.3 is 0 Å². The molecule has 0 radical (unpaired) electrons. The largest absolute Gasteiger partial charge is 0.372 e. The molecule has 1 aliphatic carbocycles. The van der Waals surface area contributed by atoms with Crippen LogP contribution in [0, 0.1) is 11.8 Å². The van der Waals surface area contributed by atoms with Crippen LogP contribution in [0.25, 0.3) is 0 Å². The van der Waals surface area contributed by atoms with E-state index in [4.69, 9.17) is 0 Å². The van der Waals surface area contributed by atoms with Crippen LogP contribution in [-0.2, 0) is 10.0 Å². The predicted octanol–water partition coefficient (Wildman–Crippen LogP) is 2.23. The molecular weight excluding hydrogens is 274 g/mol. The average Bonchev–Trinajstić information content (AvgIpc) is 2.79. The van der Waals surface area contributed by atoms with Gasteiger partial charge in [-0.3, -0.25) is 0 Å². The maximum atomic E-state index is 12.5. The second kappa shape index (κ2) is 6.10. The van der Waals surface area contributed by atoms with E-state index in [1.54, 1.807) is 25.4 Å². The van der Waals surface area contributed by atoms with Crippen molar-refractivity contribution < 1.29 is 8.42 Å². The van der Waals surface area contributed by atoms with Crippen molar-refractivity contribution in [3.63, 3.8) is 0 Å². The highest BCUT2D eigenvalue weighted by Gasteiger charge is 2.35. The average molecular weight is 297 g/mol. The monoisotopic (exact) mass is 297 g/mol. The molecular formula is C14H23N3O2S. The molecule has 3 atom stereocenters. The Balaban J connectivity index is 2.20. The van der Waals surface area contributed by atoms with E-state index < -0.39 is 10.0 Å². The van der Waals surface area contributed by atoms with Crippen molar-refractivity contribution in [3.05, 3.63) is 18.3 Å². The summed E-state index contributed by atoms with van der Waals surface area (Å²) in [4.78, 5) is 4.28. The van der Waals surface area contributed by atoms with Crippen LogP contribution < -0.4 is 10.0 Å².